The van der Waals surface area contributed by atoms with Crippen LogP contribution in [-0.2, 0) is 9.53 Å². The van der Waals surface area contributed by atoms with E-state index in [-0.39, 0.29) is 12.0 Å². The molecule has 1 atom stereocenters. The average molecular weight is 181 g/mol. The summed E-state index contributed by atoms with van der Waals surface area (Å²) in [6, 6.07) is 0. The van der Waals surface area contributed by atoms with Crippen molar-refractivity contribution >= 4 is 5.91 Å². The Morgan fingerprint density at radius 2 is 2.54 bits per heavy atom. The molecule has 1 saturated heterocycles. The molecule has 0 aromatic heterocycles. The number of ether oxygens (including phenoxy) is 1. The van der Waals surface area contributed by atoms with Crippen molar-refractivity contribution in [1.82, 2.24) is 5.32 Å². The smallest absolute Gasteiger partial charge is 0.249 e. The molecular weight excluding hydrogens is 166 g/mol. The molecule has 72 valence electrons. The van der Waals surface area contributed by atoms with Crippen LogP contribution in [0.25, 0.3) is 0 Å². The Labute approximate surface area is 78.8 Å². The summed E-state index contributed by atoms with van der Waals surface area (Å²) in [7, 11) is 0. The maximum Gasteiger partial charge on any atom is 0.249 e. The summed E-state index contributed by atoms with van der Waals surface area (Å²) in [5, 5.41) is 2.79. The minimum absolute atomic E-state index is 0.00963. The quantitative estimate of drug-likeness (QED) is 0.514. The Hall–Kier alpha value is -1.01. The monoisotopic (exact) mass is 181 g/mol. The molecule has 1 amide bonds. The van der Waals surface area contributed by atoms with E-state index in [4.69, 9.17) is 4.74 Å². The highest BCUT2D eigenvalue weighted by molar-refractivity contribution is 5.80. The van der Waals surface area contributed by atoms with Crippen molar-refractivity contribution in [2.45, 2.75) is 32.3 Å². The molecule has 1 heterocycles. The van der Waals surface area contributed by atoms with Crippen LogP contribution in [0.15, 0.2) is 0 Å². The summed E-state index contributed by atoms with van der Waals surface area (Å²) < 4.78 is 5.22. The van der Waals surface area contributed by atoms with Gasteiger partial charge in [0.1, 0.15) is 6.10 Å². The summed E-state index contributed by atoms with van der Waals surface area (Å²) >= 11 is 0. The highest BCUT2D eigenvalue weighted by Crippen LogP contribution is 2.11. The van der Waals surface area contributed by atoms with Crippen molar-refractivity contribution in [3.8, 4) is 11.8 Å². The second kappa shape index (κ2) is 5.60. The van der Waals surface area contributed by atoms with E-state index < -0.39 is 0 Å². The zero-order chi connectivity index (χ0) is 9.52. The van der Waals surface area contributed by atoms with Gasteiger partial charge in [-0.3, -0.25) is 4.79 Å². The molecule has 13 heavy (non-hydrogen) atoms. The minimum Gasteiger partial charge on any atom is -0.368 e. The number of amides is 1. The predicted octanol–water partition coefficient (Wildman–Crippen LogP) is 0.695. The Morgan fingerprint density at radius 3 is 3.15 bits per heavy atom. The van der Waals surface area contributed by atoms with Crippen LogP contribution < -0.4 is 5.32 Å². The zero-order valence-corrected chi connectivity index (χ0v) is 7.93. The zero-order valence-electron chi connectivity index (χ0n) is 7.93. The van der Waals surface area contributed by atoms with Crippen molar-refractivity contribution < 1.29 is 9.53 Å². The summed E-state index contributed by atoms with van der Waals surface area (Å²) in [4.78, 5) is 11.3. The standard InChI is InChI=1S/C10H15NO2/c1-2-3-4-7-11-10(12)9-6-5-8-13-9/h9H,4-8H2,1H3,(H,11,12). The van der Waals surface area contributed by atoms with E-state index in [9.17, 15) is 4.79 Å². The van der Waals surface area contributed by atoms with Gasteiger partial charge in [-0.15, -0.1) is 11.8 Å². The fraction of sp³-hybridized carbons (Fsp3) is 0.700. The molecule has 1 fully saturated rings. The number of carbonyl (C=O) groups excluding carboxylic acids is 1. The van der Waals surface area contributed by atoms with Crippen molar-refractivity contribution in [1.29, 1.82) is 0 Å². The topological polar surface area (TPSA) is 38.3 Å². The molecular formula is C10H15NO2. The number of hydrogen-bond donors (Lipinski definition) is 1. The first-order valence-corrected chi connectivity index (χ1v) is 4.63. The summed E-state index contributed by atoms with van der Waals surface area (Å²) in [5.74, 6) is 5.68. The van der Waals surface area contributed by atoms with Gasteiger partial charge >= 0.3 is 0 Å². The lowest BCUT2D eigenvalue weighted by Crippen LogP contribution is -2.34. The summed E-state index contributed by atoms with van der Waals surface area (Å²) in [5.41, 5.74) is 0. The van der Waals surface area contributed by atoms with Crippen LogP contribution in [0.4, 0.5) is 0 Å². The van der Waals surface area contributed by atoms with Crippen LogP contribution >= 0.6 is 0 Å². The van der Waals surface area contributed by atoms with Gasteiger partial charge in [0.25, 0.3) is 0 Å². The molecule has 3 heteroatoms. The molecule has 1 rings (SSSR count). The molecule has 3 nitrogen and oxygen atoms in total. The van der Waals surface area contributed by atoms with E-state index in [2.05, 4.69) is 17.2 Å². The Bertz CT molecular complexity index is 221. The van der Waals surface area contributed by atoms with Crippen molar-refractivity contribution in [3.63, 3.8) is 0 Å². The van der Waals surface area contributed by atoms with Crippen molar-refractivity contribution in [2.75, 3.05) is 13.2 Å². The molecule has 1 N–H and O–H groups in total. The van der Waals surface area contributed by atoms with Crippen LogP contribution in [-0.4, -0.2) is 25.2 Å². The van der Waals surface area contributed by atoms with E-state index in [1.54, 1.807) is 6.92 Å². The van der Waals surface area contributed by atoms with Crippen LogP contribution in [0.1, 0.15) is 26.2 Å². The second-order valence-electron chi connectivity index (χ2n) is 2.97. The number of carbonyl (C=O) groups is 1. The summed E-state index contributed by atoms with van der Waals surface area (Å²) in [6.45, 7) is 3.13. The first-order chi connectivity index (χ1) is 6.34. The van der Waals surface area contributed by atoms with E-state index in [0.29, 0.717) is 13.2 Å². The van der Waals surface area contributed by atoms with Gasteiger partial charge in [0.2, 0.25) is 5.91 Å². The first kappa shape index (κ1) is 10.1. The van der Waals surface area contributed by atoms with Crippen molar-refractivity contribution in [2.24, 2.45) is 0 Å². The lowest BCUT2D eigenvalue weighted by atomic mass is 10.2. The SMILES string of the molecule is CC#CCCNC(=O)C1CCCO1. The third-order valence-corrected chi connectivity index (χ3v) is 1.95. The van der Waals surface area contributed by atoms with Gasteiger partial charge in [-0.1, -0.05) is 0 Å². The average Bonchev–Trinajstić information content (AvgIpc) is 2.65. The van der Waals surface area contributed by atoms with Gasteiger partial charge in [0, 0.05) is 19.6 Å². The molecule has 1 unspecified atom stereocenters. The summed E-state index contributed by atoms with van der Waals surface area (Å²) in [6.07, 6.45) is 2.35. The third kappa shape index (κ3) is 3.47. The van der Waals surface area contributed by atoms with Crippen LogP contribution in [0.3, 0.4) is 0 Å². The molecule has 1 aliphatic heterocycles. The molecule has 0 aliphatic carbocycles. The largest absolute Gasteiger partial charge is 0.368 e. The fourth-order valence-electron chi connectivity index (χ4n) is 1.27. The molecule has 1 aliphatic rings. The Balaban J connectivity index is 2.12. The highest BCUT2D eigenvalue weighted by atomic mass is 16.5. The van der Waals surface area contributed by atoms with Gasteiger partial charge in [-0.2, -0.15) is 0 Å². The molecule has 0 aromatic carbocycles. The maximum absolute atomic E-state index is 11.3. The predicted molar refractivity (Wildman–Crippen MR) is 50.1 cm³/mol. The van der Waals surface area contributed by atoms with Gasteiger partial charge < -0.3 is 10.1 Å². The van der Waals surface area contributed by atoms with Crippen LogP contribution in [0.2, 0.25) is 0 Å². The van der Waals surface area contributed by atoms with E-state index in [0.717, 1.165) is 19.3 Å². The molecule has 0 spiro atoms. The molecule has 0 radical (unpaired) electrons. The molecule has 0 bridgehead atoms. The second-order valence-corrected chi connectivity index (χ2v) is 2.97. The van der Waals surface area contributed by atoms with E-state index >= 15 is 0 Å². The number of rotatable bonds is 3. The van der Waals surface area contributed by atoms with Gasteiger partial charge in [0.15, 0.2) is 0 Å². The first-order valence-electron chi connectivity index (χ1n) is 4.63. The van der Waals surface area contributed by atoms with Gasteiger partial charge in [-0.05, 0) is 19.8 Å². The molecule has 0 saturated carbocycles. The van der Waals surface area contributed by atoms with Gasteiger partial charge in [0.05, 0.1) is 0 Å². The van der Waals surface area contributed by atoms with Crippen LogP contribution in [0, 0.1) is 11.8 Å². The van der Waals surface area contributed by atoms with Crippen molar-refractivity contribution in [3.05, 3.63) is 0 Å². The fourth-order valence-corrected chi connectivity index (χ4v) is 1.27. The third-order valence-electron chi connectivity index (χ3n) is 1.95. The molecule has 0 aromatic rings. The highest BCUT2D eigenvalue weighted by Gasteiger charge is 2.22. The number of nitrogens with one attached hydrogen (secondary N) is 1. The van der Waals surface area contributed by atoms with Gasteiger partial charge in [-0.25, -0.2) is 0 Å². The lowest BCUT2D eigenvalue weighted by molar-refractivity contribution is -0.129. The van der Waals surface area contributed by atoms with E-state index in [1.165, 1.54) is 0 Å². The normalized spacial score (nSPS) is 20.5. The Morgan fingerprint density at radius 1 is 1.69 bits per heavy atom. The van der Waals surface area contributed by atoms with E-state index in [1.807, 2.05) is 0 Å². The maximum atomic E-state index is 11.3. The minimum atomic E-state index is -0.213. The van der Waals surface area contributed by atoms with Crippen LogP contribution in [0.5, 0.6) is 0 Å². The lowest BCUT2D eigenvalue weighted by Gasteiger charge is -2.08. The Kier molecular flexibility index (Phi) is 4.34. The number of hydrogen-bond acceptors (Lipinski definition) is 2.